The molecule has 2 aromatic carbocycles. The van der Waals surface area contributed by atoms with Crippen LogP contribution >= 0.6 is 0 Å². The Morgan fingerprint density at radius 1 is 1.00 bits per heavy atom. The lowest BCUT2D eigenvalue weighted by atomic mass is 10.1. The lowest BCUT2D eigenvalue weighted by molar-refractivity contribution is 0.0993. The summed E-state index contributed by atoms with van der Waals surface area (Å²) in [7, 11) is -1.35. The average molecular weight is 303 g/mol. The van der Waals surface area contributed by atoms with Crippen LogP contribution in [0.4, 0.5) is 5.69 Å². The monoisotopic (exact) mass is 303 g/mol. The van der Waals surface area contributed by atoms with E-state index in [4.69, 9.17) is 0 Å². The van der Waals surface area contributed by atoms with E-state index in [-0.39, 0.29) is 11.7 Å². The zero-order chi connectivity index (χ0) is 15.5. The van der Waals surface area contributed by atoms with Crippen molar-refractivity contribution < 1.29 is 13.2 Å². The molecule has 0 bridgehead atoms. The number of carbonyl (C=O) groups excluding carboxylic acids is 1. The lowest BCUT2D eigenvalue weighted by Gasteiger charge is -2.17. The molecule has 0 saturated carbocycles. The van der Waals surface area contributed by atoms with Crippen molar-refractivity contribution in [2.24, 2.45) is 0 Å². The first-order valence-electron chi connectivity index (χ1n) is 6.46. The highest BCUT2D eigenvalue weighted by molar-refractivity contribution is 7.89. The molecule has 0 unspecified atom stereocenters. The van der Waals surface area contributed by atoms with Gasteiger partial charge < -0.3 is 4.90 Å². The molecule has 0 aliphatic heterocycles. The first-order chi connectivity index (χ1) is 9.87. The molecule has 0 aliphatic rings. The van der Waals surface area contributed by atoms with Crippen molar-refractivity contribution >= 4 is 21.4 Å². The van der Waals surface area contributed by atoms with Gasteiger partial charge in [-0.25, -0.2) is 8.42 Å². The number of benzene rings is 2. The number of hydrogen-bond donors (Lipinski definition) is 0. The van der Waals surface area contributed by atoms with Gasteiger partial charge in [0.15, 0.2) is 9.84 Å². The number of anilines is 1. The molecular formula is C16H17NO3S. The average Bonchev–Trinajstić information content (AvgIpc) is 2.46. The lowest BCUT2D eigenvalue weighted by Crippen LogP contribution is -2.26. The molecule has 110 valence electrons. The molecule has 0 radical (unpaired) electrons. The molecule has 2 rings (SSSR count). The van der Waals surface area contributed by atoms with Gasteiger partial charge in [0.25, 0.3) is 5.91 Å². The van der Waals surface area contributed by atoms with Crippen LogP contribution < -0.4 is 4.90 Å². The standard InChI is InChI=1S/C16H17NO3S/c1-17(15-6-4-3-5-7-15)16(18)14-10-8-13(9-11-14)12-21(2,19)20/h3-11H,12H2,1-2H3. The maximum absolute atomic E-state index is 12.3. The summed E-state index contributed by atoms with van der Waals surface area (Å²) in [5.74, 6) is -0.150. The highest BCUT2D eigenvalue weighted by atomic mass is 32.2. The van der Waals surface area contributed by atoms with Gasteiger partial charge in [0.05, 0.1) is 5.75 Å². The Morgan fingerprint density at radius 3 is 2.10 bits per heavy atom. The highest BCUT2D eigenvalue weighted by Gasteiger charge is 2.13. The number of sulfone groups is 1. The van der Waals surface area contributed by atoms with E-state index in [1.54, 1.807) is 36.2 Å². The normalized spacial score (nSPS) is 11.1. The maximum Gasteiger partial charge on any atom is 0.258 e. The van der Waals surface area contributed by atoms with E-state index in [9.17, 15) is 13.2 Å². The van der Waals surface area contributed by atoms with Gasteiger partial charge in [-0.1, -0.05) is 30.3 Å². The Hall–Kier alpha value is -2.14. The number of nitrogens with zero attached hydrogens (tertiary/aromatic N) is 1. The van der Waals surface area contributed by atoms with Crippen molar-refractivity contribution in [3.05, 3.63) is 65.7 Å². The molecule has 0 heterocycles. The van der Waals surface area contributed by atoms with Gasteiger partial charge in [0.1, 0.15) is 0 Å². The summed E-state index contributed by atoms with van der Waals surface area (Å²) in [6.07, 6.45) is 1.19. The van der Waals surface area contributed by atoms with Crippen molar-refractivity contribution in [2.45, 2.75) is 5.75 Å². The van der Waals surface area contributed by atoms with E-state index in [2.05, 4.69) is 0 Å². The maximum atomic E-state index is 12.3. The molecule has 1 amide bonds. The molecule has 0 fully saturated rings. The summed E-state index contributed by atoms with van der Waals surface area (Å²) in [6.45, 7) is 0. The van der Waals surface area contributed by atoms with E-state index in [1.165, 1.54) is 6.26 Å². The zero-order valence-electron chi connectivity index (χ0n) is 12.0. The summed E-state index contributed by atoms with van der Waals surface area (Å²) >= 11 is 0. The van der Waals surface area contributed by atoms with E-state index < -0.39 is 9.84 Å². The smallest absolute Gasteiger partial charge is 0.258 e. The molecule has 0 atom stereocenters. The van der Waals surface area contributed by atoms with Crippen LogP contribution in [-0.4, -0.2) is 27.6 Å². The first kappa shape index (κ1) is 15.3. The molecule has 0 N–H and O–H groups in total. The van der Waals surface area contributed by atoms with E-state index in [0.717, 1.165) is 5.69 Å². The Bertz CT molecular complexity index is 722. The highest BCUT2D eigenvalue weighted by Crippen LogP contribution is 2.15. The Morgan fingerprint density at radius 2 is 1.57 bits per heavy atom. The Kier molecular flexibility index (Phi) is 4.43. The van der Waals surface area contributed by atoms with Crippen molar-refractivity contribution in [2.75, 3.05) is 18.2 Å². The zero-order valence-corrected chi connectivity index (χ0v) is 12.8. The van der Waals surface area contributed by atoms with Gasteiger partial charge in [-0.15, -0.1) is 0 Å². The SMILES string of the molecule is CN(C(=O)c1ccc(CS(C)(=O)=O)cc1)c1ccccc1. The minimum absolute atomic E-state index is 0.0179. The quantitative estimate of drug-likeness (QED) is 0.872. The fourth-order valence-electron chi connectivity index (χ4n) is 2.01. The van der Waals surface area contributed by atoms with Crippen LogP contribution in [0.5, 0.6) is 0 Å². The van der Waals surface area contributed by atoms with Crippen LogP contribution in [0.2, 0.25) is 0 Å². The summed E-state index contributed by atoms with van der Waals surface area (Å²) < 4.78 is 22.5. The third kappa shape index (κ3) is 4.16. The van der Waals surface area contributed by atoms with E-state index in [1.807, 2.05) is 30.3 Å². The second kappa shape index (κ2) is 6.10. The molecule has 2 aromatic rings. The van der Waals surface area contributed by atoms with Gasteiger partial charge in [0.2, 0.25) is 0 Å². The van der Waals surface area contributed by atoms with Crippen LogP contribution in [0.25, 0.3) is 0 Å². The number of carbonyl (C=O) groups is 1. The van der Waals surface area contributed by atoms with Crippen LogP contribution in [0.1, 0.15) is 15.9 Å². The summed E-state index contributed by atoms with van der Waals surface area (Å²) in [4.78, 5) is 13.9. The van der Waals surface area contributed by atoms with Crippen LogP contribution in [0.3, 0.4) is 0 Å². The molecule has 5 heteroatoms. The van der Waals surface area contributed by atoms with Crippen molar-refractivity contribution in [3.63, 3.8) is 0 Å². The minimum Gasteiger partial charge on any atom is -0.311 e. The second-order valence-electron chi connectivity index (χ2n) is 4.97. The largest absolute Gasteiger partial charge is 0.311 e. The molecule has 0 aromatic heterocycles. The van der Waals surface area contributed by atoms with Gasteiger partial charge in [-0.2, -0.15) is 0 Å². The number of amides is 1. The van der Waals surface area contributed by atoms with Gasteiger partial charge in [0, 0.05) is 24.6 Å². The number of rotatable bonds is 4. The first-order valence-corrected chi connectivity index (χ1v) is 8.52. The van der Waals surface area contributed by atoms with E-state index >= 15 is 0 Å². The predicted octanol–water partition coefficient (Wildman–Crippen LogP) is 2.51. The minimum atomic E-state index is -3.06. The van der Waals surface area contributed by atoms with Gasteiger partial charge in [-0.3, -0.25) is 4.79 Å². The molecule has 0 saturated heterocycles. The molecule has 21 heavy (non-hydrogen) atoms. The van der Waals surface area contributed by atoms with Crippen LogP contribution in [-0.2, 0) is 15.6 Å². The summed E-state index contributed by atoms with van der Waals surface area (Å²) in [5, 5.41) is 0. The summed E-state index contributed by atoms with van der Waals surface area (Å²) in [5.41, 5.74) is 2.01. The second-order valence-corrected chi connectivity index (χ2v) is 7.11. The molecule has 4 nitrogen and oxygen atoms in total. The third-order valence-corrected chi connectivity index (χ3v) is 3.94. The third-order valence-electron chi connectivity index (χ3n) is 3.08. The predicted molar refractivity (Wildman–Crippen MR) is 84.2 cm³/mol. The molecular weight excluding hydrogens is 286 g/mol. The van der Waals surface area contributed by atoms with Gasteiger partial charge in [-0.05, 0) is 29.8 Å². The van der Waals surface area contributed by atoms with E-state index in [0.29, 0.717) is 11.1 Å². The number of hydrogen-bond acceptors (Lipinski definition) is 3. The van der Waals surface area contributed by atoms with Crippen molar-refractivity contribution in [3.8, 4) is 0 Å². The Balaban J connectivity index is 2.17. The summed E-state index contributed by atoms with van der Waals surface area (Å²) in [6, 6.07) is 16.0. The fraction of sp³-hybridized carbons (Fsp3) is 0.188. The molecule has 0 aliphatic carbocycles. The van der Waals surface area contributed by atoms with Crippen molar-refractivity contribution in [1.82, 2.24) is 0 Å². The fourth-order valence-corrected chi connectivity index (χ4v) is 2.81. The molecule has 0 spiro atoms. The topological polar surface area (TPSA) is 54.5 Å². The van der Waals surface area contributed by atoms with Crippen molar-refractivity contribution in [1.29, 1.82) is 0 Å². The van der Waals surface area contributed by atoms with Crippen LogP contribution in [0.15, 0.2) is 54.6 Å². The number of para-hydroxylation sites is 1. The Labute approximate surface area is 124 Å². The van der Waals surface area contributed by atoms with Crippen LogP contribution in [0, 0.1) is 0 Å². The van der Waals surface area contributed by atoms with Gasteiger partial charge >= 0.3 is 0 Å².